The number of ether oxygens (including phenoxy) is 4. The standard InChI is InChI=1S/C39H41NO5S/c1-26-14-17-30(39-40-32-12-8-9-13-38(32)46-39)24-35(26)44-20-10-6-7-11-21-45-37-23-29(16-19-34(37)42-4)15-18-33(41)31-22-27(2)28(3)36(25-31)43-5/h8-9,12-19,22-25H,6-7,10-11,20-21H2,1-5H3/b18-15+. The molecule has 6 nitrogen and oxygen atoms in total. The molecule has 7 heteroatoms. The lowest BCUT2D eigenvalue weighted by molar-refractivity contribution is 0.104. The summed E-state index contributed by atoms with van der Waals surface area (Å²) in [4.78, 5) is 17.7. The van der Waals surface area contributed by atoms with E-state index < -0.39 is 0 Å². The molecule has 1 aromatic heterocycles. The Morgan fingerprint density at radius 1 is 0.739 bits per heavy atom. The quantitative estimate of drug-likeness (QED) is 0.0648. The molecule has 0 saturated heterocycles. The van der Waals surface area contributed by atoms with E-state index in [0.29, 0.717) is 36.0 Å². The molecule has 0 N–H and O–H groups in total. The zero-order chi connectivity index (χ0) is 32.5. The third-order valence-corrected chi connectivity index (χ3v) is 9.11. The molecule has 0 aliphatic heterocycles. The van der Waals surface area contributed by atoms with Crippen molar-refractivity contribution in [2.24, 2.45) is 0 Å². The number of aryl methyl sites for hydroxylation is 2. The molecule has 0 bridgehead atoms. The summed E-state index contributed by atoms with van der Waals surface area (Å²) in [6, 6.07) is 23.9. The molecule has 0 aliphatic carbocycles. The lowest BCUT2D eigenvalue weighted by atomic mass is 10.0. The zero-order valence-electron chi connectivity index (χ0n) is 27.2. The van der Waals surface area contributed by atoms with Crippen LogP contribution < -0.4 is 18.9 Å². The smallest absolute Gasteiger partial charge is 0.185 e. The largest absolute Gasteiger partial charge is 0.496 e. The van der Waals surface area contributed by atoms with Gasteiger partial charge in [-0.05, 0) is 117 Å². The Hall–Kier alpha value is -4.62. The Labute approximate surface area is 275 Å². The van der Waals surface area contributed by atoms with Gasteiger partial charge in [0.15, 0.2) is 17.3 Å². The maximum Gasteiger partial charge on any atom is 0.185 e. The summed E-state index contributed by atoms with van der Waals surface area (Å²) in [6.45, 7) is 7.29. The number of para-hydroxylation sites is 1. The number of carbonyl (C=O) groups is 1. The van der Waals surface area contributed by atoms with Crippen LogP contribution in [0, 0.1) is 20.8 Å². The number of unbranched alkanes of at least 4 members (excludes halogenated alkanes) is 3. The number of methoxy groups -OCH3 is 2. The highest BCUT2D eigenvalue weighted by atomic mass is 32.1. The Morgan fingerprint density at radius 2 is 1.48 bits per heavy atom. The molecule has 0 saturated carbocycles. The van der Waals surface area contributed by atoms with Crippen LogP contribution in [-0.2, 0) is 0 Å². The van der Waals surface area contributed by atoms with Gasteiger partial charge in [-0.3, -0.25) is 4.79 Å². The predicted octanol–water partition coefficient (Wildman–Crippen LogP) is 9.82. The number of aromatic nitrogens is 1. The molecule has 0 amide bonds. The van der Waals surface area contributed by atoms with Crippen LogP contribution in [0.5, 0.6) is 23.0 Å². The van der Waals surface area contributed by atoms with Crippen molar-refractivity contribution in [2.75, 3.05) is 27.4 Å². The van der Waals surface area contributed by atoms with Crippen LogP contribution in [0.1, 0.15) is 58.3 Å². The Bertz CT molecular complexity index is 1810. The number of carbonyl (C=O) groups excluding carboxylic acids is 1. The van der Waals surface area contributed by atoms with Crippen LogP contribution in [0.2, 0.25) is 0 Å². The van der Waals surface area contributed by atoms with E-state index in [1.165, 1.54) is 4.70 Å². The topological polar surface area (TPSA) is 66.9 Å². The second-order valence-electron chi connectivity index (χ2n) is 11.3. The van der Waals surface area contributed by atoms with Gasteiger partial charge < -0.3 is 18.9 Å². The van der Waals surface area contributed by atoms with E-state index >= 15 is 0 Å². The monoisotopic (exact) mass is 635 g/mol. The van der Waals surface area contributed by atoms with E-state index in [4.69, 9.17) is 23.9 Å². The summed E-state index contributed by atoms with van der Waals surface area (Å²) in [6.07, 6.45) is 7.34. The van der Waals surface area contributed by atoms with Crippen LogP contribution in [0.3, 0.4) is 0 Å². The minimum atomic E-state index is -0.0836. The molecular weight excluding hydrogens is 594 g/mol. The number of ketones is 1. The van der Waals surface area contributed by atoms with E-state index in [1.54, 1.807) is 43.8 Å². The van der Waals surface area contributed by atoms with Gasteiger partial charge in [0, 0.05) is 11.1 Å². The normalized spacial score (nSPS) is 11.2. The number of nitrogens with zero attached hydrogens (tertiary/aromatic N) is 1. The van der Waals surface area contributed by atoms with Crippen molar-refractivity contribution < 1.29 is 23.7 Å². The Kier molecular flexibility index (Phi) is 11.1. The molecule has 0 spiro atoms. The lowest BCUT2D eigenvalue weighted by Crippen LogP contribution is -2.02. The summed E-state index contributed by atoms with van der Waals surface area (Å²) >= 11 is 1.70. The van der Waals surface area contributed by atoms with Gasteiger partial charge in [-0.2, -0.15) is 0 Å². The SMILES string of the molecule is COc1ccc(/C=C/C(=O)c2cc(C)c(C)c(OC)c2)cc1OCCCCCCOc1cc(-c2nc3ccccc3s2)ccc1C. The van der Waals surface area contributed by atoms with E-state index in [1.807, 2.05) is 56.3 Å². The summed E-state index contributed by atoms with van der Waals surface area (Å²) in [5.41, 5.74) is 6.75. The van der Waals surface area contributed by atoms with Gasteiger partial charge in [-0.25, -0.2) is 4.98 Å². The van der Waals surface area contributed by atoms with Gasteiger partial charge in [0.2, 0.25) is 0 Å². The van der Waals surface area contributed by atoms with Gasteiger partial charge >= 0.3 is 0 Å². The molecule has 0 aliphatic rings. The number of allylic oxidation sites excluding steroid dienone is 1. The average Bonchev–Trinajstić information content (AvgIpc) is 3.51. The summed E-state index contributed by atoms with van der Waals surface area (Å²) in [7, 11) is 3.25. The summed E-state index contributed by atoms with van der Waals surface area (Å²) in [5, 5.41) is 1.01. The highest BCUT2D eigenvalue weighted by Crippen LogP contribution is 2.33. The Morgan fingerprint density at radius 3 is 2.22 bits per heavy atom. The van der Waals surface area contributed by atoms with Crippen molar-refractivity contribution in [1.29, 1.82) is 0 Å². The summed E-state index contributed by atoms with van der Waals surface area (Å²) < 4.78 is 24.4. The predicted molar refractivity (Wildman–Crippen MR) is 188 cm³/mol. The van der Waals surface area contributed by atoms with Gasteiger partial charge in [0.1, 0.15) is 16.5 Å². The van der Waals surface area contributed by atoms with Crippen LogP contribution in [0.4, 0.5) is 0 Å². The Balaban J connectivity index is 1.07. The van der Waals surface area contributed by atoms with Crippen LogP contribution in [0.15, 0.2) is 78.9 Å². The highest BCUT2D eigenvalue weighted by molar-refractivity contribution is 7.21. The first-order chi connectivity index (χ1) is 22.4. The fourth-order valence-corrected chi connectivity index (χ4v) is 6.13. The fourth-order valence-electron chi connectivity index (χ4n) is 5.17. The number of hydrogen-bond donors (Lipinski definition) is 0. The number of thiazole rings is 1. The van der Waals surface area contributed by atoms with E-state index in [-0.39, 0.29) is 5.78 Å². The van der Waals surface area contributed by atoms with Crippen molar-refractivity contribution in [3.63, 3.8) is 0 Å². The first-order valence-corrected chi connectivity index (χ1v) is 16.5. The van der Waals surface area contributed by atoms with Crippen molar-refractivity contribution in [2.45, 2.75) is 46.5 Å². The summed E-state index contributed by atoms with van der Waals surface area (Å²) in [5.74, 6) is 2.87. The van der Waals surface area contributed by atoms with E-state index in [2.05, 4.69) is 31.2 Å². The van der Waals surface area contributed by atoms with Gasteiger partial charge in [0.25, 0.3) is 0 Å². The minimum Gasteiger partial charge on any atom is -0.496 e. The van der Waals surface area contributed by atoms with Gasteiger partial charge in [-0.15, -0.1) is 11.3 Å². The molecular formula is C39H41NO5S. The number of rotatable bonds is 15. The van der Waals surface area contributed by atoms with Gasteiger partial charge in [0.05, 0.1) is 37.6 Å². The molecule has 5 rings (SSSR count). The first kappa shape index (κ1) is 32.8. The highest BCUT2D eigenvalue weighted by Gasteiger charge is 2.11. The van der Waals surface area contributed by atoms with Gasteiger partial charge in [-0.1, -0.05) is 36.4 Å². The van der Waals surface area contributed by atoms with Crippen LogP contribution in [-0.4, -0.2) is 38.2 Å². The van der Waals surface area contributed by atoms with Crippen LogP contribution in [0.25, 0.3) is 26.9 Å². The second kappa shape index (κ2) is 15.6. The molecule has 0 fully saturated rings. The molecule has 238 valence electrons. The lowest BCUT2D eigenvalue weighted by Gasteiger charge is -2.12. The molecule has 46 heavy (non-hydrogen) atoms. The first-order valence-electron chi connectivity index (χ1n) is 15.6. The minimum absolute atomic E-state index is 0.0836. The molecule has 0 unspecified atom stereocenters. The van der Waals surface area contributed by atoms with E-state index in [9.17, 15) is 4.79 Å². The number of benzene rings is 4. The number of fused-ring (bicyclic) bond motifs is 1. The molecule has 5 aromatic rings. The zero-order valence-corrected chi connectivity index (χ0v) is 28.0. The number of hydrogen-bond acceptors (Lipinski definition) is 7. The maximum absolute atomic E-state index is 12.9. The molecule has 1 heterocycles. The van der Waals surface area contributed by atoms with Crippen molar-refractivity contribution >= 4 is 33.4 Å². The molecule has 0 atom stereocenters. The molecule has 4 aromatic carbocycles. The van der Waals surface area contributed by atoms with E-state index in [0.717, 1.165) is 69.8 Å². The third-order valence-electron chi connectivity index (χ3n) is 8.02. The van der Waals surface area contributed by atoms with Crippen molar-refractivity contribution in [3.05, 3.63) is 107 Å². The second-order valence-corrected chi connectivity index (χ2v) is 12.3. The van der Waals surface area contributed by atoms with Crippen LogP contribution >= 0.6 is 11.3 Å². The van der Waals surface area contributed by atoms with Crippen molar-refractivity contribution in [3.8, 4) is 33.6 Å². The fraction of sp³-hybridized carbons (Fsp3) is 0.282. The maximum atomic E-state index is 12.9. The third kappa shape index (κ3) is 8.15. The van der Waals surface area contributed by atoms with Crippen molar-refractivity contribution in [1.82, 2.24) is 4.98 Å². The molecule has 0 radical (unpaired) electrons. The average molecular weight is 636 g/mol.